The van der Waals surface area contributed by atoms with Gasteiger partial charge in [0.05, 0.1) is 36.4 Å². The summed E-state index contributed by atoms with van der Waals surface area (Å²) in [6.07, 6.45) is 0.905. The predicted molar refractivity (Wildman–Crippen MR) is 108 cm³/mol. The number of anilines is 2. The molecule has 0 aliphatic rings. The van der Waals surface area contributed by atoms with Crippen LogP contribution in [0.2, 0.25) is 0 Å². The Morgan fingerprint density at radius 1 is 1.28 bits per heavy atom. The smallest absolute Gasteiger partial charge is 0.277 e. The molecular weight excluding hydrogens is 506 g/mol. The Morgan fingerprint density at radius 3 is 2.69 bits per heavy atom. The van der Waals surface area contributed by atoms with Gasteiger partial charge in [0.1, 0.15) is 12.4 Å². The molecular formula is C18H17F3IN3O4. The average molecular weight is 523 g/mol. The van der Waals surface area contributed by atoms with Crippen molar-refractivity contribution in [1.29, 1.82) is 0 Å². The fraction of sp³-hybridized carbons (Fsp3) is 0.222. The second kappa shape index (κ2) is 11.0. The van der Waals surface area contributed by atoms with Crippen LogP contribution in [0.5, 0.6) is 0 Å². The van der Waals surface area contributed by atoms with E-state index in [-0.39, 0.29) is 36.6 Å². The maximum absolute atomic E-state index is 14.8. The number of aliphatic hydroxyl groups excluding tert-OH is 1. The Morgan fingerprint density at radius 2 is 2.03 bits per heavy atom. The molecule has 0 spiro atoms. The summed E-state index contributed by atoms with van der Waals surface area (Å²) >= 11 is 1.89. The Bertz CT molecular complexity index is 912. The van der Waals surface area contributed by atoms with E-state index in [0.717, 1.165) is 12.3 Å². The first-order valence-corrected chi connectivity index (χ1v) is 9.39. The summed E-state index contributed by atoms with van der Waals surface area (Å²) in [5, 5.41) is 14.6. The quantitative estimate of drug-likeness (QED) is 0.203. The Hall–Kier alpha value is -2.38. The lowest BCUT2D eigenvalue weighted by atomic mass is 10.1. The number of hydrogen-bond acceptors (Lipinski definition) is 6. The standard InChI is InChI=1S/C18H17F3IN3O4/c1-2-28-23-9-10-7-12(18(27)25-29-6-5-26)17(16(21)15(10)20)24-14-4-3-11(22)8-13(14)19/h3-4,7-9,24,26H,2,5-6H2,1H3,(H,25,27)/b23-9-. The molecule has 156 valence electrons. The van der Waals surface area contributed by atoms with Crippen LogP contribution in [0.3, 0.4) is 0 Å². The van der Waals surface area contributed by atoms with Gasteiger partial charge in [-0.2, -0.15) is 0 Å². The van der Waals surface area contributed by atoms with Gasteiger partial charge in [-0.05, 0) is 53.8 Å². The highest BCUT2D eigenvalue weighted by Crippen LogP contribution is 2.30. The number of benzene rings is 2. The van der Waals surface area contributed by atoms with E-state index in [1.165, 1.54) is 12.1 Å². The van der Waals surface area contributed by atoms with E-state index in [0.29, 0.717) is 3.57 Å². The maximum Gasteiger partial charge on any atom is 0.277 e. The molecule has 2 aromatic rings. The van der Waals surface area contributed by atoms with Crippen molar-refractivity contribution >= 4 is 46.1 Å². The minimum atomic E-state index is -1.42. The zero-order valence-corrected chi connectivity index (χ0v) is 17.3. The SMILES string of the molecule is CCO/N=C\c1cc(C(=O)NOCCO)c(Nc2ccc(I)cc2F)c(F)c1F. The van der Waals surface area contributed by atoms with Gasteiger partial charge in [0.25, 0.3) is 5.91 Å². The van der Waals surface area contributed by atoms with E-state index in [4.69, 9.17) is 14.8 Å². The summed E-state index contributed by atoms with van der Waals surface area (Å²) in [6, 6.07) is 5.06. The molecule has 7 nitrogen and oxygen atoms in total. The third-order valence-electron chi connectivity index (χ3n) is 3.42. The molecule has 11 heteroatoms. The van der Waals surface area contributed by atoms with Gasteiger partial charge >= 0.3 is 0 Å². The van der Waals surface area contributed by atoms with Crippen LogP contribution in [0.1, 0.15) is 22.8 Å². The van der Waals surface area contributed by atoms with Gasteiger partial charge in [-0.15, -0.1) is 0 Å². The summed E-state index contributed by atoms with van der Waals surface area (Å²) in [6.45, 7) is 1.26. The Balaban J connectivity index is 2.50. The molecule has 0 aromatic heterocycles. The van der Waals surface area contributed by atoms with E-state index in [1.54, 1.807) is 13.0 Å². The van der Waals surface area contributed by atoms with Crippen LogP contribution in [0.15, 0.2) is 29.4 Å². The molecule has 0 saturated heterocycles. The van der Waals surface area contributed by atoms with Crippen molar-refractivity contribution < 1.29 is 32.7 Å². The zero-order valence-electron chi connectivity index (χ0n) is 15.1. The molecule has 0 atom stereocenters. The number of rotatable bonds is 9. The van der Waals surface area contributed by atoms with Crippen LogP contribution in [-0.4, -0.2) is 37.0 Å². The van der Waals surface area contributed by atoms with Gasteiger partial charge < -0.3 is 15.3 Å². The summed E-state index contributed by atoms with van der Waals surface area (Å²) in [4.78, 5) is 21.8. The zero-order chi connectivity index (χ0) is 21.4. The highest BCUT2D eigenvalue weighted by Gasteiger charge is 2.23. The van der Waals surface area contributed by atoms with Crippen molar-refractivity contribution in [1.82, 2.24) is 5.48 Å². The number of hydrogen-bond donors (Lipinski definition) is 3. The van der Waals surface area contributed by atoms with Crippen LogP contribution in [-0.2, 0) is 9.68 Å². The molecule has 0 radical (unpaired) electrons. The van der Waals surface area contributed by atoms with Crippen molar-refractivity contribution in [3.05, 3.63) is 56.4 Å². The largest absolute Gasteiger partial charge is 0.396 e. The van der Waals surface area contributed by atoms with Crippen LogP contribution in [0.25, 0.3) is 0 Å². The summed E-state index contributed by atoms with van der Waals surface area (Å²) < 4.78 is 44.0. The number of amides is 1. The van der Waals surface area contributed by atoms with Crippen LogP contribution < -0.4 is 10.8 Å². The van der Waals surface area contributed by atoms with Gasteiger partial charge in [-0.25, -0.2) is 18.7 Å². The van der Waals surface area contributed by atoms with Gasteiger partial charge in [0.15, 0.2) is 11.6 Å². The van der Waals surface area contributed by atoms with Gasteiger partial charge in [0.2, 0.25) is 0 Å². The first kappa shape index (κ1) is 22.9. The summed E-state index contributed by atoms with van der Waals surface area (Å²) in [5.74, 6) is -4.40. The summed E-state index contributed by atoms with van der Waals surface area (Å²) in [5.41, 5.74) is 0.493. The van der Waals surface area contributed by atoms with Crippen molar-refractivity contribution in [3.63, 3.8) is 0 Å². The van der Waals surface area contributed by atoms with E-state index in [2.05, 4.69) is 10.5 Å². The number of oxime groups is 1. The molecule has 0 fully saturated rings. The van der Waals surface area contributed by atoms with Gasteiger partial charge in [-0.1, -0.05) is 5.16 Å². The number of halogens is 4. The molecule has 1 amide bonds. The molecule has 0 bridgehead atoms. The molecule has 2 aromatic carbocycles. The van der Waals surface area contributed by atoms with Crippen molar-refractivity contribution in [2.45, 2.75) is 6.92 Å². The minimum absolute atomic E-state index is 0.162. The molecule has 2 rings (SSSR count). The van der Waals surface area contributed by atoms with E-state index < -0.39 is 29.0 Å². The van der Waals surface area contributed by atoms with E-state index in [1.807, 2.05) is 28.1 Å². The fourth-order valence-corrected chi connectivity index (χ4v) is 2.61. The Kier molecular flexibility index (Phi) is 8.67. The van der Waals surface area contributed by atoms with Crippen LogP contribution >= 0.6 is 22.6 Å². The molecule has 29 heavy (non-hydrogen) atoms. The number of carbonyl (C=O) groups excluding carboxylic acids is 1. The average Bonchev–Trinajstić information content (AvgIpc) is 2.69. The normalized spacial score (nSPS) is 11.0. The lowest BCUT2D eigenvalue weighted by Crippen LogP contribution is -2.26. The third-order valence-corrected chi connectivity index (χ3v) is 4.09. The molecule has 3 N–H and O–H groups in total. The summed E-state index contributed by atoms with van der Waals surface area (Å²) in [7, 11) is 0. The predicted octanol–water partition coefficient (Wildman–Crippen LogP) is 3.48. The molecule has 0 saturated carbocycles. The minimum Gasteiger partial charge on any atom is -0.396 e. The number of nitrogens with one attached hydrogen (secondary N) is 2. The molecule has 0 aliphatic heterocycles. The molecule has 0 aliphatic carbocycles. The molecule has 0 heterocycles. The fourth-order valence-electron chi connectivity index (χ4n) is 2.15. The van der Waals surface area contributed by atoms with Crippen molar-refractivity contribution in [2.24, 2.45) is 5.16 Å². The number of hydroxylamine groups is 1. The third kappa shape index (κ3) is 6.05. The first-order chi connectivity index (χ1) is 13.9. The first-order valence-electron chi connectivity index (χ1n) is 8.31. The lowest BCUT2D eigenvalue weighted by Gasteiger charge is -2.15. The van der Waals surface area contributed by atoms with Crippen LogP contribution in [0.4, 0.5) is 24.5 Å². The van der Waals surface area contributed by atoms with E-state index >= 15 is 0 Å². The number of aliphatic hydroxyl groups is 1. The lowest BCUT2D eigenvalue weighted by molar-refractivity contribution is 0.0168. The topological polar surface area (TPSA) is 92.2 Å². The monoisotopic (exact) mass is 523 g/mol. The van der Waals surface area contributed by atoms with Gasteiger partial charge in [-0.3, -0.25) is 9.63 Å². The van der Waals surface area contributed by atoms with Crippen LogP contribution in [0, 0.1) is 21.0 Å². The second-order valence-corrected chi connectivity index (χ2v) is 6.67. The highest BCUT2D eigenvalue weighted by molar-refractivity contribution is 14.1. The maximum atomic E-state index is 14.8. The van der Waals surface area contributed by atoms with Gasteiger partial charge in [0, 0.05) is 9.13 Å². The second-order valence-electron chi connectivity index (χ2n) is 5.42. The molecule has 0 unspecified atom stereocenters. The highest BCUT2D eigenvalue weighted by atomic mass is 127. The Labute approximate surface area is 178 Å². The van der Waals surface area contributed by atoms with Crippen molar-refractivity contribution in [3.8, 4) is 0 Å². The number of carbonyl (C=O) groups is 1. The van der Waals surface area contributed by atoms with Crippen molar-refractivity contribution in [2.75, 3.05) is 25.1 Å². The number of nitrogens with zero attached hydrogens (tertiary/aromatic N) is 1. The van der Waals surface area contributed by atoms with E-state index in [9.17, 15) is 18.0 Å².